The zero-order chi connectivity index (χ0) is 14.1. The van der Waals surface area contributed by atoms with Crippen LogP contribution in [0, 0.1) is 11.7 Å². The largest absolute Gasteiger partial charge is 0.381 e. The second-order valence-electron chi connectivity index (χ2n) is 5.17. The lowest BCUT2D eigenvalue weighted by atomic mass is 10.1. The molecular formula is C15H25FN2O. The fourth-order valence-electron chi connectivity index (χ4n) is 1.67. The van der Waals surface area contributed by atoms with E-state index in [1.165, 1.54) is 6.07 Å². The molecule has 0 bridgehead atoms. The third-order valence-electron chi connectivity index (χ3n) is 2.71. The van der Waals surface area contributed by atoms with Gasteiger partial charge in [0.15, 0.2) is 0 Å². The summed E-state index contributed by atoms with van der Waals surface area (Å²) in [7, 11) is 0. The van der Waals surface area contributed by atoms with E-state index in [1.54, 1.807) is 12.1 Å². The van der Waals surface area contributed by atoms with Crippen LogP contribution in [-0.2, 0) is 4.74 Å². The highest BCUT2D eigenvalue weighted by atomic mass is 19.1. The topological polar surface area (TPSA) is 33.3 Å². The predicted octanol–water partition coefficient (Wildman–Crippen LogP) is 3.04. The smallest absolute Gasteiger partial charge is 0.123 e. The fraction of sp³-hybridized carbons (Fsp3) is 0.600. The molecule has 0 aliphatic rings. The van der Waals surface area contributed by atoms with Crippen molar-refractivity contribution in [1.29, 1.82) is 0 Å². The fourth-order valence-corrected chi connectivity index (χ4v) is 1.67. The average molecular weight is 268 g/mol. The van der Waals surface area contributed by atoms with Crippen LogP contribution in [0.15, 0.2) is 24.3 Å². The molecule has 0 aromatic heterocycles. The number of benzene rings is 1. The van der Waals surface area contributed by atoms with Crippen LogP contribution in [0.4, 0.5) is 4.39 Å². The zero-order valence-corrected chi connectivity index (χ0v) is 12.1. The van der Waals surface area contributed by atoms with E-state index in [-0.39, 0.29) is 11.9 Å². The van der Waals surface area contributed by atoms with Crippen LogP contribution in [0.5, 0.6) is 0 Å². The van der Waals surface area contributed by atoms with Crippen molar-refractivity contribution in [2.24, 2.45) is 5.92 Å². The van der Waals surface area contributed by atoms with Crippen molar-refractivity contribution in [2.75, 3.05) is 19.8 Å². The van der Waals surface area contributed by atoms with Crippen molar-refractivity contribution in [2.45, 2.75) is 33.2 Å². The third kappa shape index (κ3) is 7.25. The first kappa shape index (κ1) is 16.1. The minimum atomic E-state index is -0.201. The maximum absolute atomic E-state index is 13.1. The summed E-state index contributed by atoms with van der Waals surface area (Å²) in [6.45, 7) is 8.68. The van der Waals surface area contributed by atoms with Crippen molar-refractivity contribution in [1.82, 2.24) is 10.9 Å². The van der Waals surface area contributed by atoms with Crippen LogP contribution in [0.3, 0.4) is 0 Å². The molecule has 0 fully saturated rings. The lowest BCUT2D eigenvalue weighted by Gasteiger charge is -2.15. The second kappa shape index (κ2) is 9.02. The zero-order valence-electron chi connectivity index (χ0n) is 12.1. The Balaban J connectivity index is 2.09. The molecule has 108 valence electrons. The van der Waals surface area contributed by atoms with Crippen molar-refractivity contribution in [3.8, 4) is 0 Å². The molecule has 0 amide bonds. The molecule has 0 heterocycles. The van der Waals surface area contributed by atoms with Gasteiger partial charge in [0.1, 0.15) is 5.82 Å². The van der Waals surface area contributed by atoms with E-state index in [0.29, 0.717) is 5.92 Å². The minimum absolute atomic E-state index is 0.0762. The highest BCUT2D eigenvalue weighted by Crippen LogP contribution is 2.12. The Kier molecular flexibility index (Phi) is 7.63. The van der Waals surface area contributed by atoms with E-state index in [1.807, 2.05) is 13.0 Å². The molecule has 1 rings (SSSR count). The molecule has 1 aromatic carbocycles. The van der Waals surface area contributed by atoms with E-state index < -0.39 is 0 Å². The quantitative estimate of drug-likeness (QED) is 0.533. The molecule has 0 saturated heterocycles. The Morgan fingerprint density at radius 1 is 1.26 bits per heavy atom. The molecule has 1 aromatic rings. The number of hydrogen-bond donors (Lipinski definition) is 2. The van der Waals surface area contributed by atoms with Gasteiger partial charge in [-0.3, -0.25) is 10.9 Å². The Morgan fingerprint density at radius 3 is 2.74 bits per heavy atom. The van der Waals surface area contributed by atoms with Crippen LogP contribution in [0.1, 0.15) is 38.8 Å². The molecule has 4 heteroatoms. The van der Waals surface area contributed by atoms with Gasteiger partial charge in [0.2, 0.25) is 0 Å². The molecule has 0 aliphatic carbocycles. The SMILES string of the molecule is CC(C)COCCCNNC(C)c1cccc(F)c1. The number of hydrazine groups is 1. The summed E-state index contributed by atoms with van der Waals surface area (Å²) in [5.74, 6) is 0.382. The van der Waals surface area contributed by atoms with Crippen LogP contribution in [-0.4, -0.2) is 19.8 Å². The summed E-state index contributed by atoms with van der Waals surface area (Å²) in [6.07, 6.45) is 0.954. The lowest BCUT2D eigenvalue weighted by Crippen LogP contribution is -2.35. The van der Waals surface area contributed by atoms with Crippen LogP contribution in [0.2, 0.25) is 0 Å². The second-order valence-corrected chi connectivity index (χ2v) is 5.17. The van der Waals surface area contributed by atoms with Gasteiger partial charge in [-0.25, -0.2) is 4.39 Å². The normalized spacial score (nSPS) is 12.9. The molecule has 0 saturated carbocycles. The molecule has 3 nitrogen and oxygen atoms in total. The lowest BCUT2D eigenvalue weighted by molar-refractivity contribution is 0.107. The van der Waals surface area contributed by atoms with Crippen LogP contribution in [0.25, 0.3) is 0 Å². The Labute approximate surface area is 115 Å². The first-order chi connectivity index (χ1) is 9.09. The monoisotopic (exact) mass is 268 g/mol. The van der Waals surface area contributed by atoms with Gasteiger partial charge in [-0.05, 0) is 37.0 Å². The highest BCUT2D eigenvalue weighted by Gasteiger charge is 2.04. The Hall–Kier alpha value is -0.970. The number of halogens is 1. The van der Waals surface area contributed by atoms with Crippen molar-refractivity contribution >= 4 is 0 Å². The van der Waals surface area contributed by atoms with E-state index >= 15 is 0 Å². The summed E-state index contributed by atoms with van der Waals surface area (Å²) in [4.78, 5) is 0. The van der Waals surface area contributed by atoms with Gasteiger partial charge in [-0.1, -0.05) is 26.0 Å². The van der Waals surface area contributed by atoms with Gasteiger partial charge in [0.25, 0.3) is 0 Å². The van der Waals surface area contributed by atoms with Gasteiger partial charge < -0.3 is 4.74 Å². The van der Waals surface area contributed by atoms with Crippen molar-refractivity contribution < 1.29 is 9.13 Å². The Morgan fingerprint density at radius 2 is 2.05 bits per heavy atom. The molecule has 0 aliphatic heterocycles. The van der Waals surface area contributed by atoms with Crippen molar-refractivity contribution in [3.63, 3.8) is 0 Å². The predicted molar refractivity (Wildman–Crippen MR) is 76.2 cm³/mol. The standard InChI is InChI=1S/C15H25FN2O/c1-12(2)11-19-9-5-8-17-18-13(3)14-6-4-7-15(16)10-14/h4,6-7,10,12-13,17-18H,5,8-9,11H2,1-3H3. The first-order valence-electron chi connectivity index (χ1n) is 6.91. The van der Waals surface area contributed by atoms with Crippen LogP contribution < -0.4 is 10.9 Å². The van der Waals surface area contributed by atoms with Crippen molar-refractivity contribution in [3.05, 3.63) is 35.6 Å². The number of hydrogen-bond acceptors (Lipinski definition) is 3. The third-order valence-corrected chi connectivity index (χ3v) is 2.71. The van der Waals surface area contributed by atoms with Gasteiger partial charge in [-0.15, -0.1) is 0 Å². The first-order valence-corrected chi connectivity index (χ1v) is 6.91. The van der Waals surface area contributed by atoms with E-state index in [2.05, 4.69) is 24.7 Å². The summed E-state index contributed by atoms with van der Waals surface area (Å²) in [5, 5.41) is 0. The van der Waals surface area contributed by atoms with Gasteiger partial charge >= 0.3 is 0 Å². The van der Waals surface area contributed by atoms with E-state index in [0.717, 1.165) is 31.7 Å². The summed E-state index contributed by atoms with van der Waals surface area (Å²) in [6, 6.07) is 6.71. The molecule has 2 N–H and O–H groups in total. The number of rotatable bonds is 9. The van der Waals surface area contributed by atoms with Crippen LogP contribution >= 0.6 is 0 Å². The maximum atomic E-state index is 13.1. The van der Waals surface area contributed by atoms with Gasteiger partial charge in [0, 0.05) is 25.8 Å². The molecule has 0 radical (unpaired) electrons. The van der Waals surface area contributed by atoms with E-state index in [9.17, 15) is 4.39 Å². The number of ether oxygens (including phenoxy) is 1. The summed E-state index contributed by atoms with van der Waals surface area (Å²) in [5.41, 5.74) is 7.23. The molecule has 1 atom stereocenters. The minimum Gasteiger partial charge on any atom is -0.381 e. The number of nitrogens with one attached hydrogen (secondary N) is 2. The Bertz CT molecular complexity index is 358. The van der Waals surface area contributed by atoms with Gasteiger partial charge in [-0.2, -0.15) is 0 Å². The summed E-state index contributed by atoms with van der Waals surface area (Å²) >= 11 is 0. The maximum Gasteiger partial charge on any atom is 0.123 e. The molecule has 0 spiro atoms. The highest BCUT2D eigenvalue weighted by molar-refractivity contribution is 5.19. The van der Waals surface area contributed by atoms with E-state index in [4.69, 9.17) is 4.74 Å². The average Bonchev–Trinajstić information content (AvgIpc) is 2.37. The van der Waals surface area contributed by atoms with Gasteiger partial charge in [0.05, 0.1) is 0 Å². The summed E-state index contributed by atoms with van der Waals surface area (Å²) < 4.78 is 18.5. The molecule has 1 unspecified atom stereocenters. The molecule has 19 heavy (non-hydrogen) atoms. The molecular weight excluding hydrogens is 243 g/mol.